The molecule has 0 bridgehead atoms. The van der Waals surface area contributed by atoms with Gasteiger partial charge in [-0.15, -0.1) is 0 Å². The summed E-state index contributed by atoms with van der Waals surface area (Å²) < 4.78 is 0.484. The van der Waals surface area contributed by atoms with Crippen LogP contribution in [-0.4, -0.2) is 39.9 Å². The molecule has 0 spiro atoms. The van der Waals surface area contributed by atoms with Gasteiger partial charge in [0.05, 0.1) is 0 Å². The van der Waals surface area contributed by atoms with Crippen LogP contribution in [0.25, 0.3) is 0 Å². The average Bonchev–Trinajstić information content (AvgIpc) is 2.31. The molecule has 0 saturated carbocycles. The molecule has 0 aromatic rings. The molecular weight excluding hydrogens is 275 g/mol. The number of aliphatic carboxylic acids is 2. The monoisotopic (exact) mass is 308 g/mol. The van der Waals surface area contributed by atoms with Crippen LogP contribution in [0.3, 0.4) is 0 Å². The van der Waals surface area contributed by atoms with Crippen LogP contribution in [0, 0.1) is 5.41 Å². The zero-order valence-corrected chi connectivity index (χ0v) is 15.4. The Morgan fingerprint density at radius 2 is 1.27 bits per heavy atom. The molecule has 0 aliphatic rings. The second-order valence-electron chi connectivity index (χ2n) is 7.62. The summed E-state index contributed by atoms with van der Waals surface area (Å²) in [6.07, 6.45) is 9.06. The third kappa shape index (κ3) is 14.5. The summed E-state index contributed by atoms with van der Waals surface area (Å²) in [7, 11) is 0. The maximum atomic E-state index is 9.43. The third-order valence-corrected chi connectivity index (χ3v) is 4.49. The van der Waals surface area contributed by atoms with Crippen LogP contribution in [0.15, 0.2) is 0 Å². The number of carboxylic acid groups (broad SMARTS) is 2. The molecule has 0 aromatic heterocycles. The van der Waals surface area contributed by atoms with Crippen molar-refractivity contribution in [3.05, 3.63) is 0 Å². The SMILES string of the molecule is O=C(O)CC(=O)O.[Li][C](C)(CCCCCCCC)C(C)(C)C. The topological polar surface area (TPSA) is 74.6 Å². The molecule has 0 aromatic carbocycles. The molecule has 0 amide bonds. The van der Waals surface area contributed by atoms with E-state index in [-0.39, 0.29) is 0 Å². The van der Waals surface area contributed by atoms with Crippen LogP contribution in [-0.2, 0) is 9.59 Å². The molecule has 22 heavy (non-hydrogen) atoms. The van der Waals surface area contributed by atoms with Crippen molar-refractivity contribution in [1.82, 2.24) is 0 Å². The molecule has 0 saturated heterocycles. The van der Waals surface area contributed by atoms with Gasteiger partial charge in [-0.2, -0.15) is 0 Å². The van der Waals surface area contributed by atoms with Crippen molar-refractivity contribution in [2.24, 2.45) is 5.41 Å². The van der Waals surface area contributed by atoms with Crippen LogP contribution in [0.4, 0.5) is 0 Å². The van der Waals surface area contributed by atoms with Crippen LogP contribution < -0.4 is 0 Å². The van der Waals surface area contributed by atoms with Crippen LogP contribution in [0.5, 0.6) is 0 Å². The molecule has 0 heterocycles. The standard InChI is InChI=1S/C14H29.C3H4O4.Li/c1-6-7-8-9-10-11-12-13(2)14(3,4)5;4-2(5)1-3(6)7;/h6-12H2,1-5H3;1H2,(H,4,5)(H,6,7);. The summed E-state index contributed by atoms with van der Waals surface area (Å²) in [6, 6.07) is 0. The molecule has 4 nitrogen and oxygen atoms in total. The average molecular weight is 308 g/mol. The Hall–Kier alpha value is -0.463. The molecule has 2 N–H and O–H groups in total. The van der Waals surface area contributed by atoms with Crippen molar-refractivity contribution >= 4 is 29.7 Å². The van der Waals surface area contributed by atoms with Gasteiger partial charge < -0.3 is 10.2 Å². The number of hydrogen-bond acceptors (Lipinski definition) is 2. The Morgan fingerprint density at radius 3 is 1.59 bits per heavy atom. The van der Waals surface area contributed by atoms with Gasteiger partial charge in [-0.25, -0.2) is 0 Å². The Morgan fingerprint density at radius 1 is 0.864 bits per heavy atom. The third-order valence-electron chi connectivity index (χ3n) is 4.49. The second kappa shape index (κ2) is 12.0. The first-order chi connectivity index (χ1) is 9.94. The predicted octanol–water partition coefficient (Wildman–Crippen LogP) is 4.68. The molecule has 1 unspecified atom stereocenters. The maximum absolute atomic E-state index is 9.43. The first-order valence-electron chi connectivity index (χ1n) is 8.37. The Bertz CT molecular complexity index is 307. The van der Waals surface area contributed by atoms with Crippen molar-refractivity contribution in [2.45, 2.75) is 90.1 Å². The van der Waals surface area contributed by atoms with E-state index < -0.39 is 18.4 Å². The van der Waals surface area contributed by atoms with Gasteiger partial charge in [0, 0.05) is 0 Å². The Kier molecular flexibility index (Phi) is 13.0. The van der Waals surface area contributed by atoms with Gasteiger partial charge in [0.2, 0.25) is 0 Å². The van der Waals surface area contributed by atoms with E-state index in [1.807, 2.05) is 0 Å². The van der Waals surface area contributed by atoms with Gasteiger partial charge in [-0.1, -0.05) is 0 Å². The summed E-state index contributed by atoms with van der Waals surface area (Å²) in [5, 5.41) is 15.4. The second-order valence-corrected chi connectivity index (χ2v) is 7.62. The van der Waals surface area contributed by atoms with Crippen molar-refractivity contribution in [1.29, 1.82) is 0 Å². The van der Waals surface area contributed by atoms with Crippen LogP contribution >= 0.6 is 0 Å². The molecule has 1 atom stereocenters. The summed E-state index contributed by atoms with van der Waals surface area (Å²) >= 11 is 2.42. The Labute approximate surface area is 145 Å². The summed E-state index contributed by atoms with van der Waals surface area (Å²) in [4.78, 5) is 18.9. The van der Waals surface area contributed by atoms with Crippen LogP contribution in [0.2, 0.25) is 4.09 Å². The van der Waals surface area contributed by atoms with Crippen LogP contribution in [0.1, 0.15) is 86.0 Å². The molecule has 5 heteroatoms. The van der Waals surface area contributed by atoms with E-state index in [1.54, 1.807) is 0 Å². The summed E-state index contributed by atoms with van der Waals surface area (Å²) in [5.41, 5.74) is 0.441. The zero-order chi connectivity index (χ0) is 17.8. The molecule has 0 radical (unpaired) electrons. The fraction of sp³-hybridized carbons (Fsp3) is 0.882. The fourth-order valence-electron chi connectivity index (χ4n) is 1.85. The summed E-state index contributed by atoms with van der Waals surface area (Å²) in [5.74, 6) is -2.62. The van der Waals surface area contributed by atoms with E-state index in [4.69, 9.17) is 10.2 Å². The first-order valence-corrected chi connectivity index (χ1v) is 8.37. The first kappa shape index (κ1) is 23.8. The normalized spacial score (nSPS) is 13.8. The number of unbranched alkanes of at least 4 members (excludes halogenated alkanes) is 5. The van der Waals surface area contributed by atoms with Crippen molar-refractivity contribution in [3.63, 3.8) is 0 Å². The van der Waals surface area contributed by atoms with Crippen molar-refractivity contribution in [3.8, 4) is 0 Å². The molecule has 0 fully saturated rings. The minimum atomic E-state index is -1.31. The number of carbonyl (C=O) groups is 2. The van der Waals surface area contributed by atoms with E-state index in [0.29, 0.717) is 9.50 Å². The van der Waals surface area contributed by atoms with Crippen molar-refractivity contribution in [2.75, 3.05) is 0 Å². The Balaban J connectivity index is 0. The number of rotatable bonds is 9. The van der Waals surface area contributed by atoms with Crippen molar-refractivity contribution < 1.29 is 19.8 Å². The predicted molar refractivity (Wildman–Crippen MR) is 91.5 cm³/mol. The molecule has 126 valence electrons. The van der Waals surface area contributed by atoms with E-state index in [0.717, 1.165) is 0 Å². The van der Waals surface area contributed by atoms with E-state index in [2.05, 4.69) is 52.3 Å². The van der Waals surface area contributed by atoms with Gasteiger partial charge in [0.1, 0.15) is 6.42 Å². The quantitative estimate of drug-likeness (QED) is 0.368. The molecule has 0 aliphatic heterocycles. The zero-order valence-electron chi connectivity index (χ0n) is 15.4. The summed E-state index contributed by atoms with van der Waals surface area (Å²) in [6.45, 7) is 11.8. The number of hydrogen-bond donors (Lipinski definition) is 2. The number of carboxylic acids is 2. The van der Waals surface area contributed by atoms with Gasteiger partial charge in [-0.05, 0) is 0 Å². The van der Waals surface area contributed by atoms with Gasteiger partial charge in [0.25, 0.3) is 0 Å². The van der Waals surface area contributed by atoms with Gasteiger partial charge in [-0.3, -0.25) is 9.59 Å². The molecular formula is C17H33LiO4. The molecule has 0 rings (SSSR count). The van der Waals surface area contributed by atoms with E-state index in [1.165, 1.54) is 44.9 Å². The minimum absolute atomic E-state index is 0.441. The van der Waals surface area contributed by atoms with E-state index >= 15 is 0 Å². The van der Waals surface area contributed by atoms with E-state index in [9.17, 15) is 9.59 Å². The molecule has 0 aliphatic carbocycles. The van der Waals surface area contributed by atoms with Gasteiger partial charge in [0.15, 0.2) is 0 Å². The fourth-order valence-corrected chi connectivity index (χ4v) is 1.85. The van der Waals surface area contributed by atoms with Gasteiger partial charge >= 0.3 is 119 Å².